The maximum atomic E-state index is 11.3. The van der Waals surface area contributed by atoms with Gasteiger partial charge >= 0.3 is 5.97 Å². The molecule has 0 aromatic carbocycles. The Bertz CT molecular complexity index is 428. The second-order valence-corrected chi connectivity index (χ2v) is 4.51. The Morgan fingerprint density at radius 1 is 1.61 bits per heavy atom. The molecule has 2 rings (SSSR count). The van der Waals surface area contributed by atoms with Crippen molar-refractivity contribution in [3.05, 3.63) is 18.2 Å². The molecule has 1 aromatic heterocycles. The Morgan fingerprint density at radius 2 is 2.44 bits per heavy atom. The van der Waals surface area contributed by atoms with E-state index in [-0.39, 0.29) is 12.0 Å². The highest BCUT2D eigenvalue weighted by atomic mass is 16.5. The monoisotopic (exact) mass is 248 g/mol. The molecule has 1 N–H and O–H groups in total. The Kier molecular flexibility index (Phi) is 4.20. The molecule has 0 radical (unpaired) electrons. The highest BCUT2D eigenvalue weighted by molar-refractivity contribution is 6.30. The number of aromatic nitrogens is 1. The van der Waals surface area contributed by atoms with Gasteiger partial charge in [-0.3, -0.25) is 4.79 Å². The molecule has 0 saturated carbocycles. The standard InChI is InChI=1S/C12H17BN2O3/c1-17-12(16)9-5-8(6-14-9)7-18-11-4-2-3-10(13)15-11/h2-4,8-9,14H,5-7,13H2,1H3/t8-,9+/m1/s1. The van der Waals surface area contributed by atoms with Crippen molar-refractivity contribution in [3.8, 4) is 5.88 Å². The first-order valence-electron chi connectivity index (χ1n) is 6.06. The summed E-state index contributed by atoms with van der Waals surface area (Å²) in [7, 11) is 3.34. The van der Waals surface area contributed by atoms with Gasteiger partial charge in [0.1, 0.15) is 6.04 Å². The maximum absolute atomic E-state index is 11.3. The van der Waals surface area contributed by atoms with Gasteiger partial charge in [0.25, 0.3) is 0 Å². The summed E-state index contributed by atoms with van der Waals surface area (Å²) in [4.78, 5) is 15.6. The van der Waals surface area contributed by atoms with E-state index < -0.39 is 0 Å². The fourth-order valence-electron chi connectivity index (χ4n) is 2.06. The molecule has 2 atom stereocenters. The highest BCUT2D eigenvalue weighted by Gasteiger charge is 2.30. The molecule has 0 unspecified atom stereocenters. The minimum absolute atomic E-state index is 0.200. The van der Waals surface area contributed by atoms with Gasteiger partial charge in [-0.15, -0.1) is 0 Å². The molecule has 1 aromatic rings. The van der Waals surface area contributed by atoms with Gasteiger partial charge in [0, 0.05) is 18.5 Å². The first-order valence-corrected chi connectivity index (χ1v) is 6.06. The molecule has 0 spiro atoms. The van der Waals surface area contributed by atoms with E-state index in [4.69, 9.17) is 9.47 Å². The van der Waals surface area contributed by atoms with Gasteiger partial charge in [0.2, 0.25) is 5.88 Å². The van der Waals surface area contributed by atoms with E-state index in [1.807, 2.05) is 26.0 Å². The van der Waals surface area contributed by atoms with Crippen LogP contribution in [0.2, 0.25) is 0 Å². The van der Waals surface area contributed by atoms with Gasteiger partial charge in [-0.2, -0.15) is 0 Å². The van der Waals surface area contributed by atoms with Crippen LogP contribution in [0.3, 0.4) is 0 Å². The average Bonchev–Trinajstić information content (AvgIpc) is 2.84. The van der Waals surface area contributed by atoms with Crippen molar-refractivity contribution in [3.63, 3.8) is 0 Å². The van der Waals surface area contributed by atoms with Crippen LogP contribution in [0, 0.1) is 5.92 Å². The molecule has 1 fully saturated rings. The van der Waals surface area contributed by atoms with Crippen LogP contribution in [-0.2, 0) is 9.53 Å². The van der Waals surface area contributed by atoms with Gasteiger partial charge in [0.15, 0.2) is 7.85 Å². The fourth-order valence-corrected chi connectivity index (χ4v) is 2.06. The van der Waals surface area contributed by atoms with Crippen LogP contribution in [-0.4, -0.2) is 45.1 Å². The number of nitrogens with zero attached hydrogens (tertiary/aromatic N) is 1. The van der Waals surface area contributed by atoms with Gasteiger partial charge < -0.3 is 14.8 Å². The van der Waals surface area contributed by atoms with E-state index in [1.54, 1.807) is 0 Å². The Labute approximate surface area is 107 Å². The third kappa shape index (κ3) is 3.23. The smallest absolute Gasteiger partial charge is 0.322 e. The van der Waals surface area contributed by atoms with Gasteiger partial charge in [-0.05, 0) is 12.0 Å². The summed E-state index contributed by atoms with van der Waals surface area (Å²) >= 11 is 0. The molecule has 1 aliphatic rings. The van der Waals surface area contributed by atoms with Crippen LogP contribution in [0.4, 0.5) is 0 Å². The number of carbonyl (C=O) groups excluding carboxylic acids is 1. The highest BCUT2D eigenvalue weighted by Crippen LogP contribution is 2.16. The number of hydrogen-bond donors (Lipinski definition) is 1. The van der Waals surface area contributed by atoms with E-state index >= 15 is 0 Å². The molecular weight excluding hydrogens is 231 g/mol. The zero-order valence-electron chi connectivity index (χ0n) is 10.7. The van der Waals surface area contributed by atoms with Crippen LogP contribution < -0.4 is 15.6 Å². The third-order valence-electron chi connectivity index (χ3n) is 3.04. The Morgan fingerprint density at radius 3 is 3.17 bits per heavy atom. The third-order valence-corrected chi connectivity index (χ3v) is 3.04. The van der Waals surface area contributed by atoms with Crippen LogP contribution in [0.5, 0.6) is 5.88 Å². The molecule has 0 aliphatic carbocycles. The van der Waals surface area contributed by atoms with Crippen molar-refractivity contribution in [2.45, 2.75) is 12.5 Å². The lowest BCUT2D eigenvalue weighted by molar-refractivity contribution is -0.142. The van der Waals surface area contributed by atoms with E-state index in [0.717, 1.165) is 18.6 Å². The Balaban J connectivity index is 1.80. The maximum Gasteiger partial charge on any atom is 0.322 e. The molecule has 96 valence electrons. The number of hydrogen-bond acceptors (Lipinski definition) is 5. The van der Waals surface area contributed by atoms with E-state index in [1.165, 1.54) is 7.11 Å². The SMILES string of the molecule is Bc1cccc(OC[C@H]2CN[C@H](C(=O)OC)C2)n1. The van der Waals surface area contributed by atoms with E-state index in [9.17, 15) is 4.79 Å². The number of carbonyl (C=O) groups is 1. The van der Waals surface area contributed by atoms with Crippen molar-refractivity contribution in [1.82, 2.24) is 10.3 Å². The summed E-state index contributed by atoms with van der Waals surface area (Å²) in [5.41, 5.74) is 0.935. The number of rotatable bonds is 4. The van der Waals surface area contributed by atoms with Crippen LogP contribution in [0.1, 0.15) is 6.42 Å². The number of pyridine rings is 1. The minimum Gasteiger partial charge on any atom is -0.477 e. The van der Waals surface area contributed by atoms with Crippen LogP contribution in [0.15, 0.2) is 18.2 Å². The summed E-state index contributed by atoms with van der Waals surface area (Å²) < 4.78 is 10.3. The van der Waals surface area contributed by atoms with E-state index in [0.29, 0.717) is 18.4 Å². The fraction of sp³-hybridized carbons (Fsp3) is 0.500. The summed E-state index contributed by atoms with van der Waals surface area (Å²) in [6.07, 6.45) is 0.749. The summed E-state index contributed by atoms with van der Waals surface area (Å²) in [6.45, 7) is 1.34. The predicted octanol–water partition coefficient (Wildman–Crippen LogP) is -1.13. The topological polar surface area (TPSA) is 60.5 Å². The number of ether oxygens (including phenoxy) is 2. The van der Waals surface area contributed by atoms with Crippen molar-refractivity contribution in [2.75, 3.05) is 20.3 Å². The number of methoxy groups -OCH3 is 1. The molecule has 18 heavy (non-hydrogen) atoms. The number of nitrogens with one attached hydrogen (secondary N) is 1. The molecule has 5 nitrogen and oxygen atoms in total. The normalized spacial score (nSPS) is 22.7. The molecule has 2 heterocycles. The first kappa shape index (κ1) is 12.9. The summed E-state index contributed by atoms with van der Waals surface area (Å²) in [5, 5.41) is 3.13. The van der Waals surface area contributed by atoms with Crippen molar-refractivity contribution in [1.29, 1.82) is 0 Å². The lowest BCUT2D eigenvalue weighted by Gasteiger charge is -2.10. The van der Waals surface area contributed by atoms with Gasteiger partial charge in [-0.1, -0.05) is 12.1 Å². The van der Waals surface area contributed by atoms with Crippen LogP contribution >= 0.6 is 0 Å². The average molecular weight is 248 g/mol. The molecule has 0 bridgehead atoms. The van der Waals surface area contributed by atoms with Gasteiger partial charge in [0.05, 0.1) is 13.7 Å². The zero-order chi connectivity index (χ0) is 13.0. The zero-order valence-corrected chi connectivity index (χ0v) is 10.7. The second kappa shape index (κ2) is 5.86. The lowest BCUT2D eigenvalue weighted by atomic mass is 10.0. The largest absolute Gasteiger partial charge is 0.477 e. The summed E-state index contributed by atoms with van der Waals surface area (Å²) in [6, 6.07) is 5.49. The van der Waals surface area contributed by atoms with Crippen molar-refractivity contribution in [2.24, 2.45) is 5.92 Å². The molecule has 0 amide bonds. The van der Waals surface area contributed by atoms with E-state index in [2.05, 4.69) is 10.3 Å². The first-order chi connectivity index (χ1) is 8.69. The summed E-state index contributed by atoms with van der Waals surface area (Å²) in [5.74, 6) is 0.749. The van der Waals surface area contributed by atoms with Crippen molar-refractivity contribution < 1.29 is 14.3 Å². The molecule has 1 aliphatic heterocycles. The minimum atomic E-state index is -0.203. The quantitative estimate of drug-likeness (QED) is 0.539. The molecule has 6 heteroatoms. The van der Waals surface area contributed by atoms with Crippen molar-refractivity contribution >= 4 is 19.4 Å². The molecular formula is C12H17BN2O3. The number of esters is 1. The molecule has 1 saturated heterocycles. The Hall–Kier alpha value is -1.56. The lowest BCUT2D eigenvalue weighted by Crippen LogP contribution is -2.31. The van der Waals surface area contributed by atoms with Crippen LogP contribution in [0.25, 0.3) is 0 Å². The second-order valence-electron chi connectivity index (χ2n) is 4.51. The van der Waals surface area contributed by atoms with Gasteiger partial charge in [-0.25, -0.2) is 4.98 Å². The predicted molar refractivity (Wildman–Crippen MR) is 69.8 cm³/mol.